The zero-order valence-electron chi connectivity index (χ0n) is 10.8. The van der Waals surface area contributed by atoms with E-state index in [1.54, 1.807) is 6.07 Å². The van der Waals surface area contributed by atoms with Crippen LogP contribution in [0.2, 0.25) is 5.15 Å². The number of aromatic nitrogens is 1. The molecule has 0 spiro atoms. The van der Waals surface area contributed by atoms with E-state index in [0.717, 1.165) is 5.56 Å². The first-order valence-corrected chi connectivity index (χ1v) is 6.39. The monoisotopic (exact) mass is 268 g/mol. The summed E-state index contributed by atoms with van der Waals surface area (Å²) in [5.74, 6) is 0.958. The summed E-state index contributed by atoms with van der Waals surface area (Å²) in [6, 6.07) is 3.67. The molecule has 0 unspecified atom stereocenters. The predicted molar refractivity (Wildman–Crippen MR) is 71.1 cm³/mol. The van der Waals surface area contributed by atoms with E-state index in [0.29, 0.717) is 16.9 Å². The first-order valence-electron chi connectivity index (χ1n) is 6.01. The molecule has 0 radical (unpaired) electrons. The smallest absolute Gasteiger partial charge is 0.413 e. The highest BCUT2D eigenvalue weighted by molar-refractivity contribution is 6.30. The van der Waals surface area contributed by atoms with Gasteiger partial charge in [-0.05, 0) is 51.2 Å². The Morgan fingerprint density at radius 2 is 2.11 bits per heavy atom. The lowest BCUT2D eigenvalue weighted by atomic mass is 10.2. The second-order valence-electron chi connectivity index (χ2n) is 5.48. The van der Waals surface area contributed by atoms with Crippen molar-refractivity contribution in [1.82, 2.24) is 4.98 Å². The van der Waals surface area contributed by atoms with Crippen LogP contribution in [-0.2, 0) is 4.74 Å². The minimum Gasteiger partial charge on any atom is -0.444 e. The molecule has 1 amide bonds. The molecule has 1 aliphatic rings. The van der Waals surface area contributed by atoms with E-state index in [-0.39, 0.29) is 0 Å². The summed E-state index contributed by atoms with van der Waals surface area (Å²) in [6.07, 6.45) is 1.81. The molecular weight excluding hydrogens is 252 g/mol. The average molecular weight is 269 g/mol. The van der Waals surface area contributed by atoms with Crippen LogP contribution < -0.4 is 5.32 Å². The standard InChI is InChI=1S/C13H17ClN2O2/c1-13(2,3)18-12(17)16-10-7-6-9(8-4-5-8)11(14)15-10/h6-8H,4-5H2,1-3H3,(H,15,16,17). The molecule has 0 aliphatic heterocycles. The molecule has 18 heavy (non-hydrogen) atoms. The van der Waals surface area contributed by atoms with Gasteiger partial charge in [0.25, 0.3) is 0 Å². The molecule has 1 heterocycles. The van der Waals surface area contributed by atoms with Gasteiger partial charge in [-0.3, -0.25) is 5.32 Å². The second-order valence-corrected chi connectivity index (χ2v) is 5.84. The Hall–Kier alpha value is -1.29. The Morgan fingerprint density at radius 3 is 2.61 bits per heavy atom. The summed E-state index contributed by atoms with van der Waals surface area (Å²) in [5.41, 5.74) is 0.536. The Morgan fingerprint density at radius 1 is 1.44 bits per heavy atom. The van der Waals surface area contributed by atoms with Crippen molar-refractivity contribution in [3.05, 3.63) is 22.8 Å². The van der Waals surface area contributed by atoms with Gasteiger partial charge in [-0.15, -0.1) is 0 Å². The van der Waals surface area contributed by atoms with Crippen molar-refractivity contribution in [2.24, 2.45) is 0 Å². The maximum Gasteiger partial charge on any atom is 0.413 e. The fourth-order valence-electron chi connectivity index (χ4n) is 1.62. The third-order valence-electron chi connectivity index (χ3n) is 2.52. The lowest BCUT2D eigenvalue weighted by Gasteiger charge is -2.19. The molecule has 1 aromatic heterocycles. The van der Waals surface area contributed by atoms with Gasteiger partial charge in [-0.2, -0.15) is 0 Å². The summed E-state index contributed by atoms with van der Waals surface area (Å²) in [5, 5.41) is 3.03. The number of anilines is 1. The normalized spacial score (nSPS) is 15.3. The number of carbonyl (C=O) groups is 1. The number of nitrogens with one attached hydrogen (secondary N) is 1. The quantitative estimate of drug-likeness (QED) is 0.826. The number of ether oxygens (including phenoxy) is 1. The van der Waals surface area contributed by atoms with Crippen LogP contribution in [0.25, 0.3) is 0 Å². The van der Waals surface area contributed by atoms with Gasteiger partial charge in [0.2, 0.25) is 0 Å². The maximum atomic E-state index is 11.6. The molecule has 1 fully saturated rings. The molecule has 0 saturated heterocycles. The van der Waals surface area contributed by atoms with Crippen LogP contribution in [0.3, 0.4) is 0 Å². The molecular formula is C13H17ClN2O2. The van der Waals surface area contributed by atoms with Gasteiger partial charge in [0.15, 0.2) is 0 Å². The number of hydrogen-bond acceptors (Lipinski definition) is 3. The van der Waals surface area contributed by atoms with E-state index < -0.39 is 11.7 Å². The van der Waals surface area contributed by atoms with Gasteiger partial charge < -0.3 is 4.74 Å². The number of rotatable bonds is 2. The Labute approximate surface area is 112 Å². The van der Waals surface area contributed by atoms with Crippen molar-refractivity contribution in [2.45, 2.75) is 45.1 Å². The highest BCUT2D eigenvalue weighted by atomic mass is 35.5. The van der Waals surface area contributed by atoms with Gasteiger partial charge in [0.05, 0.1) is 0 Å². The number of amides is 1. The highest BCUT2D eigenvalue weighted by Gasteiger charge is 2.26. The van der Waals surface area contributed by atoms with Crippen molar-refractivity contribution >= 4 is 23.5 Å². The third-order valence-corrected chi connectivity index (χ3v) is 2.83. The van der Waals surface area contributed by atoms with Crippen molar-refractivity contribution in [1.29, 1.82) is 0 Å². The van der Waals surface area contributed by atoms with Crippen LogP contribution in [0.1, 0.15) is 45.1 Å². The molecule has 1 aromatic rings. The molecule has 1 aliphatic carbocycles. The van der Waals surface area contributed by atoms with Crippen LogP contribution in [0.4, 0.5) is 10.6 Å². The van der Waals surface area contributed by atoms with Crippen LogP contribution in [0.5, 0.6) is 0 Å². The molecule has 4 nitrogen and oxygen atoms in total. The van der Waals surface area contributed by atoms with Gasteiger partial charge in [0.1, 0.15) is 16.6 Å². The number of nitrogens with zero attached hydrogens (tertiary/aromatic N) is 1. The molecule has 5 heteroatoms. The molecule has 0 bridgehead atoms. The molecule has 98 valence electrons. The van der Waals surface area contributed by atoms with Crippen LogP contribution in [0, 0.1) is 0 Å². The van der Waals surface area contributed by atoms with Gasteiger partial charge in [-0.25, -0.2) is 9.78 Å². The van der Waals surface area contributed by atoms with Crippen molar-refractivity contribution in [3.8, 4) is 0 Å². The van der Waals surface area contributed by atoms with Crippen molar-refractivity contribution in [3.63, 3.8) is 0 Å². The summed E-state index contributed by atoms with van der Waals surface area (Å²) >= 11 is 6.08. The van der Waals surface area contributed by atoms with Crippen LogP contribution in [-0.4, -0.2) is 16.7 Å². The Balaban J connectivity index is 2.01. The van der Waals surface area contributed by atoms with E-state index in [4.69, 9.17) is 16.3 Å². The first kappa shape index (κ1) is 13.1. The summed E-state index contributed by atoms with van der Waals surface area (Å²) in [7, 11) is 0. The minimum atomic E-state index is -0.526. The van der Waals surface area contributed by atoms with E-state index in [1.165, 1.54) is 12.8 Å². The Kier molecular flexibility index (Phi) is 3.48. The fraction of sp³-hybridized carbons (Fsp3) is 0.538. The fourth-order valence-corrected chi connectivity index (χ4v) is 1.93. The number of halogens is 1. The first-order chi connectivity index (χ1) is 8.35. The molecule has 1 saturated carbocycles. The lowest BCUT2D eigenvalue weighted by molar-refractivity contribution is 0.0635. The summed E-state index contributed by atoms with van der Waals surface area (Å²) < 4.78 is 5.14. The topological polar surface area (TPSA) is 51.2 Å². The maximum absolute atomic E-state index is 11.6. The van der Waals surface area contributed by atoms with Crippen molar-refractivity contribution in [2.75, 3.05) is 5.32 Å². The number of pyridine rings is 1. The highest BCUT2D eigenvalue weighted by Crippen LogP contribution is 2.42. The summed E-state index contributed by atoms with van der Waals surface area (Å²) in [6.45, 7) is 5.43. The molecule has 0 aromatic carbocycles. The van der Waals surface area contributed by atoms with Crippen LogP contribution >= 0.6 is 11.6 Å². The predicted octanol–water partition coefficient (Wildman–Crippen LogP) is 3.96. The zero-order valence-corrected chi connectivity index (χ0v) is 11.5. The van der Waals surface area contributed by atoms with E-state index in [9.17, 15) is 4.79 Å². The van der Waals surface area contributed by atoms with Gasteiger partial charge in [-0.1, -0.05) is 17.7 Å². The second kappa shape index (κ2) is 4.76. The van der Waals surface area contributed by atoms with E-state index in [1.807, 2.05) is 26.8 Å². The van der Waals surface area contributed by atoms with Crippen LogP contribution in [0.15, 0.2) is 12.1 Å². The third kappa shape index (κ3) is 3.60. The minimum absolute atomic E-state index is 0.415. The summed E-state index contributed by atoms with van der Waals surface area (Å²) in [4.78, 5) is 15.7. The Bertz CT molecular complexity index is 465. The van der Waals surface area contributed by atoms with Crippen molar-refractivity contribution < 1.29 is 9.53 Å². The SMILES string of the molecule is CC(C)(C)OC(=O)Nc1ccc(C2CC2)c(Cl)n1. The zero-order chi connectivity index (χ0) is 13.3. The number of hydrogen-bond donors (Lipinski definition) is 1. The van der Waals surface area contributed by atoms with Gasteiger partial charge >= 0.3 is 6.09 Å². The van der Waals surface area contributed by atoms with Gasteiger partial charge in [0, 0.05) is 0 Å². The number of carbonyl (C=O) groups excluding carboxylic acids is 1. The average Bonchev–Trinajstić information content (AvgIpc) is 2.97. The largest absolute Gasteiger partial charge is 0.444 e. The molecule has 1 N–H and O–H groups in total. The molecule has 0 atom stereocenters. The lowest BCUT2D eigenvalue weighted by Crippen LogP contribution is -2.27. The van der Waals surface area contributed by atoms with E-state index in [2.05, 4.69) is 10.3 Å². The van der Waals surface area contributed by atoms with E-state index >= 15 is 0 Å². The molecule has 2 rings (SSSR count).